The van der Waals surface area contributed by atoms with Gasteiger partial charge in [-0.1, -0.05) is 19.1 Å². The Bertz CT molecular complexity index is 936. The smallest absolute Gasteiger partial charge is 0.343 e. The lowest BCUT2D eigenvalue weighted by atomic mass is 10.2. The fourth-order valence-corrected chi connectivity index (χ4v) is 4.13. The number of halogens is 1. The Hall–Kier alpha value is -2.67. The Morgan fingerprint density at radius 3 is 2.48 bits per heavy atom. The number of benzene rings is 2. The van der Waals surface area contributed by atoms with Crippen LogP contribution in [0.2, 0.25) is 0 Å². The van der Waals surface area contributed by atoms with E-state index in [0.29, 0.717) is 12.0 Å². The van der Waals surface area contributed by atoms with Crippen molar-refractivity contribution in [2.24, 2.45) is 0 Å². The molecule has 0 fully saturated rings. The number of carbonyl (C=O) groups is 1. The number of rotatable bonds is 4. The Labute approximate surface area is 145 Å². The number of hydrogen-bond donors (Lipinski definition) is 0. The molecule has 0 aromatic heterocycles. The van der Waals surface area contributed by atoms with E-state index < -0.39 is 21.8 Å². The standard InChI is InChI=1S/C18H16FNO4S/c1-2-11-20-12-16(15-5-3-4-6-17(15)25(20,22)23)24-18(21)13-7-9-14(19)10-8-13/h3-10,12H,2,11H2,1H3. The fourth-order valence-electron chi connectivity index (χ4n) is 2.52. The molecule has 1 heterocycles. The number of esters is 1. The number of hydrogen-bond acceptors (Lipinski definition) is 4. The Balaban J connectivity index is 1.99. The van der Waals surface area contributed by atoms with Crippen LogP contribution >= 0.6 is 0 Å². The highest BCUT2D eigenvalue weighted by Gasteiger charge is 2.32. The van der Waals surface area contributed by atoms with Crippen molar-refractivity contribution in [3.63, 3.8) is 0 Å². The maximum Gasteiger partial charge on any atom is 0.343 e. The van der Waals surface area contributed by atoms with Crippen LogP contribution in [0, 0.1) is 5.82 Å². The summed E-state index contributed by atoms with van der Waals surface area (Å²) in [6, 6.07) is 11.3. The van der Waals surface area contributed by atoms with Gasteiger partial charge in [-0.25, -0.2) is 17.6 Å². The van der Waals surface area contributed by atoms with Crippen LogP contribution in [0.1, 0.15) is 29.3 Å². The van der Waals surface area contributed by atoms with E-state index in [4.69, 9.17) is 4.74 Å². The van der Waals surface area contributed by atoms with Crippen LogP contribution in [0.4, 0.5) is 4.39 Å². The topological polar surface area (TPSA) is 63.7 Å². The molecule has 130 valence electrons. The zero-order valence-electron chi connectivity index (χ0n) is 13.5. The minimum Gasteiger partial charge on any atom is -0.421 e. The van der Waals surface area contributed by atoms with Crippen molar-refractivity contribution in [3.8, 4) is 0 Å². The number of sulfonamides is 1. The average Bonchev–Trinajstić information content (AvgIpc) is 2.60. The summed E-state index contributed by atoms with van der Waals surface area (Å²) in [5.41, 5.74) is 0.501. The van der Waals surface area contributed by atoms with Crippen molar-refractivity contribution >= 4 is 21.8 Å². The molecule has 0 bridgehead atoms. The van der Waals surface area contributed by atoms with Gasteiger partial charge < -0.3 is 4.74 Å². The normalized spacial score (nSPS) is 15.3. The summed E-state index contributed by atoms with van der Waals surface area (Å²) < 4.78 is 44.8. The number of nitrogens with zero attached hydrogens (tertiary/aromatic N) is 1. The van der Waals surface area contributed by atoms with Crippen molar-refractivity contribution in [2.75, 3.05) is 6.54 Å². The van der Waals surface area contributed by atoms with Gasteiger partial charge in [-0.05, 0) is 42.8 Å². The second-order valence-electron chi connectivity index (χ2n) is 5.50. The molecule has 0 saturated carbocycles. The minimum absolute atomic E-state index is 0.0906. The van der Waals surface area contributed by atoms with E-state index >= 15 is 0 Å². The lowest BCUT2D eigenvalue weighted by Gasteiger charge is -2.27. The highest BCUT2D eigenvalue weighted by Crippen LogP contribution is 2.33. The number of carbonyl (C=O) groups excluding carboxylic acids is 1. The maximum atomic E-state index is 13.0. The van der Waals surface area contributed by atoms with Crippen LogP contribution in [0.15, 0.2) is 59.6 Å². The van der Waals surface area contributed by atoms with Crippen molar-refractivity contribution in [3.05, 3.63) is 71.7 Å². The predicted molar refractivity (Wildman–Crippen MR) is 90.4 cm³/mol. The molecule has 2 aromatic carbocycles. The van der Waals surface area contributed by atoms with Crippen LogP contribution in [-0.4, -0.2) is 25.2 Å². The van der Waals surface area contributed by atoms with Gasteiger partial charge in [0.2, 0.25) is 0 Å². The monoisotopic (exact) mass is 361 g/mol. The minimum atomic E-state index is -3.67. The van der Waals surface area contributed by atoms with Gasteiger partial charge in [0.25, 0.3) is 10.0 Å². The summed E-state index contributed by atoms with van der Waals surface area (Å²) in [5, 5.41) is 0. The average molecular weight is 361 g/mol. The van der Waals surface area contributed by atoms with E-state index in [9.17, 15) is 17.6 Å². The first-order valence-corrected chi connectivity index (χ1v) is 9.18. The van der Waals surface area contributed by atoms with Gasteiger partial charge in [-0.2, -0.15) is 0 Å². The molecule has 3 rings (SSSR count). The molecular formula is C18H16FNO4S. The summed E-state index contributed by atoms with van der Waals surface area (Å²) in [5.74, 6) is -0.996. The quantitative estimate of drug-likeness (QED) is 0.783. The van der Waals surface area contributed by atoms with Gasteiger partial charge >= 0.3 is 5.97 Å². The molecule has 0 saturated heterocycles. The summed E-state index contributed by atoms with van der Waals surface area (Å²) in [4.78, 5) is 12.4. The molecule has 5 nitrogen and oxygen atoms in total. The SMILES string of the molecule is CCCN1C=C(OC(=O)c2ccc(F)cc2)c2ccccc2S1(=O)=O. The van der Waals surface area contributed by atoms with Crippen molar-refractivity contribution in [1.29, 1.82) is 0 Å². The molecule has 25 heavy (non-hydrogen) atoms. The molecule has 1 aliphatic heterocycles. The molecule has 0 radical (unpaired) electrons. The second-order valence-corrected chi connectivity index (χ2v) is 7.36. The van der Waals surface area contributed by atoms with Crippen LogP contribution in [0.3, 0.4) is 0 Å². The number of ether oxygens (including phenoxy) is 1. The molecule has 0 unspecified atom stereocenters. The molecular weight excluding hydrogens is 345 g/mol. The molecule has 0 atom stereocenters. The summed E-state index contributed by atoms with van der Waals surface area (Å²) in [6.45, 7) is 2.13. The second kappa shape index (κ2) is 6.68. The fraction of sp³-hybridized carbons (Fsp3) is 0.167. The van der Waals surface area contributed by atoms with Gasteiger partial charge in [0.15, 0.2) is 5.76 Å². The van der Waals surface area contributed by atoms with Crippen molar-refractivity contribution in [1.82, 2.24) is 4.31 Å². The Kier molecular flexibility index (Phi) is 4.59. The van der Waals surface area contributed by atoms with Gasteiger partial charge in [0.1, 0.15) is 5.82 Å². The van der Waals surface area contributed by atoms with Crippen LogP contribution < -0.4 is 0 Å². The summed E-state index contributed by atoms with van der Waals surface area (Å²) in [7, 11) is -3.67. The number of fused-ring (bicyclic) bond motifs is 1. The molecule has 1 aliphatic rings. The third-order valence-electron chi connectivity index (χ3n) is 3.73. The third kappa shape index (κ3) is 3.28. The van der Waals surface area contributed by atoms with Crippen LogP contribution in [0.5, 0.6) is 0 Å². The van der Waals surface area contributed by atoms with Crippen molar-refractivity contribution < 1.29 is 22.3 Å². The van der Waals surface area contributed by atoms with E-state index in [0.717, 1.165) is 12.1 Å². The lowest BCUT2D eigenvalue weighted by molar-refractivity contribution is 0.0689. The highest BCUT2D eigenvalue weighted by molar-refractivity contribution is 7.89. The largest absolute Gasteiger partial charge is 0.421 e. The van der Waals surface area contributed by atoms with Gasteiger partial charge in [0.05, 0.1) is 16.7 Å². The first-order chi connectivity index (χ1) is 11.9. The summed E-state index contributed by atoms with van der Waals surface area (Å²) in [6.07, 6.45) is 1.93. The lowest BCUT2D eigenvalue weighted by Crippen LogP contribution is -2.31. The van der Waals surface area contributed by atoms with E-state index in [1.54, 1.807) is 18.2 Å². The molecule has 0 N–H and O–H groups in total. The van der Waals surface area contributed by atoms with Crippen LogP contribution in [0.25, 0.3) is 5.76 Å². The molecule has 0 amide bonds. The van der Waals surface area contributed by atoms with Gasteiger partial charge in [-0.15, -0.1) is 0 Å². The Morgan fingerprint density at radius 2 is 1.80 bits per heavy atom. The third-order valence-corrected chi connectivity index (χ3v) is 5.54. The Morgan fingerprint density at radius 1 is 1.12 bits per heavy atom. The highest BCUT2D eigenvalue weighted by atomic mass is 32.2. The first kappa shape index (κ1) is 17.2. The summed E-state index contributed by atoms with van der Waals surface area (Å²) >= 11 is 0. The van der Waals surface area contributed by atoms with Crippen molar-refractivity contribution in [2.45, 2.75) is 18.2 Å². The van der Waals surface area contributed by atoms with Gasteiger partial charge in [-0.3, -0.25) is 4.31 Å². The molecule has 0 spiro atoms. The first-order valence-electron chi connectivity index (χ1n) is 7.74. The maximum absolute atomic E-state index is 13.0. The van der Waals surface area contributed by atoms with E-state index in [1.807, 2.05) is 6.92 Å². The van der Waals surface area contributed by atoms with Gasteiger partial charge in [0, 0.05) is 12.1 Å². The predicted octanol–water partition coefficient (Wildman–Crippen LogP) is 3.40. The zero-order chi connectivity index (χ0) is 18.0. The van der Waals surface area contributed by atoms with E-state index in [-0.39, 0.29) is 22.8 Å². The molecule has 7 heteroatoms. The van der Waals surface area contributed by atoms with Crippen LogP contribution in [-0.2, 0) is 14.8 Å². The molecule has 0 aliphatic carbocycles. The van der Waals surface area contributed by atoms with E-state index in [1.165, 1.54) is 28.7 Å². The zero-order valence-corrected chi connectivity index (χ0v) is 14.3. The molecule has 2 aromatic rings. The van der Waals surface area contributed by atoms with E-state index in [2.05, 4.69) is 0 Å².